The molecular weight excluding hydrogens is 478 g/mol. The first-order valence-electron chi connectivity index (χ1n) is 11.8. The molecule has 0 radical (unpaired) electrons. The lowest BCUT2D eigenvalue weighted by Gasteiger charge is -2.25. The van der Waals surface area contributed by atoms with E-state index < -0.39 is 25.0 Å². The van der Waals surface area contributed by atoms with Gasteiger partial charge in [-0.1, -0.05) is 12.1 Å². The van der Waals surface area contributed by atoms with Crippen molar-refractivity contribution in [1.82, 2.24) is 4.98 Å². The van der Waals surface area contributed by atoms with Crippen LogP contribution < -0.4 is 30.7 Å². The van der Waals surface area contributed by atoms with Gasteiger partial charge in [0.1, 0.15) is 31.2 Å². The quantitative estimate of drug-likeness (QED) is 0.249. The molecule has 0 aliphatic rings. The minimum atomic E-state index is -1.15. The third-order valence-electron chi connectivity index (χ3n) is 5.66. The van der Waals surface area contributed by atoms with Gasteiger partial charge in [-0.25, -0.2) is 4.98 Å². The molecule has 198 valence electrons. The van der Waals surface area contributed by atoms with Crippen molar-refractivity contribution in [3.63, 3.8) is 0 Å². The molecule has 0 saturated heterocycles. The fourth-order valence-corrected chi connectivity index (χ4v) is 4.04. The summed E-state index contributed by atoms with van der Waals surface area (Å²) in [6.07, 6.45) is 0. The Morgan fingerprint density at radius 2 is 1.59 bits per heavy atom. The highest BCUT2D eigenvalue weighted by Gasteiger charge is 2.19. The van der Waals surface area contributed by atoms with Gasteiger partial charge in [-0.3, -0.25) is 9.59 Å². The zero-order valence-corrected chi connectivity index (χ0v) is 21.0. The largest absolute Gasteiger partial charge is 0.497 e. The van der Waals surface area contributed by atoms with Crippen molar-refractivity contribution >= 4 is 34.2 Å². The number of benzene rings is 2. The first kappa shape index (κ1) is 27.5. The number of aryl methyl sites for hydroxylation is 1. The van der Waals surface area contributed by atoms with E-state index >= 15 is 0 Å². The Morgan fingerprint density at radius 1 is 0.919 bits per heavy atom. The third kappa shape index (κ3) is 7.21. The fraction of sp³-hybridized carbons (Fsp3) is 0.346. The van der Waals surface area contributed by atoms with Crippen LogP contribution in [-0.4, -0.2) is 73.5 Å². The molecule has 37 heavy (non-hydrogen) atoms. The summed E-state index contributed by atoms with van der Waals surface area (Å²) >= 11 is 0. The summed E-state index contributed by atoms with van der Waals surface area (Å²) in [7, 11) is 1.61. The first-order valence-corrected chi connectivity index (χ1v) is 11.8. The molecule has 0 aliphatic carbocycles. The Labute approximate surface area is 215 Å². The zero-order chi connectivity index (χ0) is 26.9. The highest BCUT2D eigenvalue weighted by atomic mass is 16.5. The molecule has 1 heterocycles. The standard InChI is InChI=1S/C26H33N5O6/c1-17-3-6-21(31(14-24(32)33)15-25(34)35)23(11-17)37-16-19-5-4-18-12-20(36-2)13-22(26(18)29-19)30(9-7-27)10-8-28/h3-6,11-13H,7-10,14-16,27-28H2,1-2H3,(H,32,33)(H,34,35). The monoisotopic (exact) mass is 511 g/mol. The van der Waals surface area contributed by atoms with E-state index in [9.17, 15) is 19.8 Å². The van der Waals surface area contributed by atoms with Crippen LogP contribution in [0.2, 0.25) is 0 Å². The number of aliphatic carboxylic acids is 2. The number of anilines is 2. The molecule has 2 aromatic carbocycles. The van der Waals surface area contributed by atoms with Crippen LogP contribution >= 0.6 is 0 Å². The smallest absolute Gasteiger partial charge is 0.323 e. The van der Waals surface area contributed by atoms with Gasteiger partial charge in [0.15, 0.2) is 0 Å². The highest BCUT2D eigenvalue weighted by molar-refractivity contribution is 5.92. The topological polar surface area (TPSA) is 164 Å². The number of ether oxygens (including phenoxy) is 2. The molecule has 6 N–H and O–H groups in total. The van der Waals surface area contributed by atoms with Gasteiger partial charge in [0.25, 0.3) is 0 Å². The maximum atomic E-state index is 11.4. The van der Waals surface area contributed by atoms with Crippen molar-refractivity contribution < 1.29 is 29.3 Å². The van der Waals surface area contributed by atoms with Crippen LogP contribution in [0.15, 0.2) is 42.5 Å². The summed E-state index contributed by atoms with van der Waals surface area (Å²) in [5, 5.41) is 19.4. The molecule has 11 nitrogen and oxygen atoms in total. The van der Waals surface area contributed by atoms with Gasteiger partial charge in [-0.05, 0) is 36.8 Å². The number of carbonyl (C=O) groups is 2. The van der Waals surface area contributed by atoms with Crippen LogP contribution in [0.1, 0.15) is 11.3 Å². The van der Waals surface area contributed by atoms with Gasteiger partial charge >= 0.3 is 11.9 Å². The zero-order valence-electron chi connectivity index (χ0n) is 21.0. The normalized spacial score (nSPS) is 10.8. The summed E-state index contributed by atoms with van der Waals surface area (Å²) in [5.74, 6) is -1.24. The van der Waals surface area contributed by atoms with E-state index in [0.29, 0.717) is 49.1 Å². The number of hydrogen-bond donors (Lipinski definition) is 4. The average molecular weight is 512 g/mol. The summed E-state index contributed by atoms with van der Waals surface area (Å²) in [5.41, 5.74) is 15.1. The summed E-state index contributed by atoms with van der Waals surface area (Å²) < 4.78 is 11.5. The number of carboxylic acids is 2. The number of pyridine rings is 1. The molecular formula is C26H33N5O6. The number of carboxylic acid groups (broad SMARTS) is 2. The maximum absolute atomic E-state index is 11.4. The van der Waals surface area contributed by atoms with Gasteiger partial charge in [-0.2, -0.15) is 0 Å². The minimum Gasteiger partial charge on any atom is -0.497 e. The fourth-order valence-electron chi connectivity index (χ4n) is 4.04. The van der Waals surface area contributed by atoms with Crippen molar-refractivity contribution in [2.45, 2.75) is 13.5 Å². The van der Waals surface area contributed by atoms with E-state index in [-0.39, 0.29) is 6.61 Å². The predicted molar refractivity (Wildman–Crippen MR) is 142 cm³/mol. The van der Waals surface area contributed by atoms with Crippen LogP contribution in [0.4, 0.5) is 11.4 Å². The molecule has 3 aromatic rings. The lowest BCUT2D eigenvalue weighted by Crippen LogP contribution is -2.34. The van der Waals surface area contributed by atoms with E-state index in [2.05, 4.69) is 4.90 Å². The Balaban J connectivity index is 1.97. The third-order valence-corrected chi connectivity index (χ3v) is 5.66. The molecule has 0 saturated carbocycles. The molecule has 0 bridgehead atoms. The Morgan fingerprint density at radius 3 is 2.19 bits per heavy atom. The molecule has 0 atom stereocenters. The van der Waals surface area contributed by atoms with Crippen molar-refractivity contribution in [2.75, 3.05) is 56.2 Å². The van der Waals surface area contributed by atoms with Crippen molar-refractivity contribution in [1.29, 1.82) is 0 Å². The number of hydrogen-bond acceptors (Lipinski definition) is 9. The van der Waals surface area contributed by atoms with E-state index in [1.54, 1.807) is 25.3 Å². The van der Waals surface area contributed by atoms with Crippen LogP contribution in [0, 0.1) is 6.92 Å². The van der Waals surface area contributed by atoms with Gasteiger partial charge in [0.2, 0.25) is 0 Å². The molecule has 0 amide bonds. The molecule has 3 rings (SSSR count). The second-order valence-corrected chi connectivity index (χ2v) is 8.49. The van der Waals surface area contributed by atoms with E-state index in [1.165, 1.54) is 4.90 Å². The van der Waals surface area contributed by atoms with Crippen molar-refractivity contribution in [3.05, 3.63) is 53.7 Å². The van der Waals surface area contributed by atoms with Gasteiger partial charge in [0, 0.05) is 37.6 Å². The van der Waals surface area contributed by atoms with Crippen LogP contribution in [-0.2, 0) is 16.2 Å². The molecule has 1 aromatic heterocycles. The number of nitrogens with two attached hydrogens (primary N) is 2. The molecule has 0 fully saturated rings. The van der Waals surface area contributed by atoms with Crippen molar-refractivity contribution in [3.8, 4) is 11.5 Å². The number of nitrogens with zero attached hydrogens (tertiary/aromatic N) is 3. The molecule has 11 heteroatoms. The Kier molecular flexibility index (Phi) is 9.47. The molecule has 0 aliphatic heterocycles. The number of aromatic nitrogens is 1. The van der Waals surface area contributed by atoms with Crippen LogP contribution in [0.25, 0.3) is 10.9 Å². The summed E-state index contributed by atoms with van der Waals surface area (Å²) in [6.45, 7) is 3.07. The second kappa shape index (κ2) is 12.7. The van der Waals surface area contributed by atoms with Gasteiger partial charge in [-0.15, -0.1) is 0 Å². The number of fused-ring (bicyclic) bond motifs is 1. The van der Waals surface area contributed by atoms with E-state index in [0.717, 1.165) is 22.2 Å². The second-order valence-electron chi connectivity index (χ2n) is 8.49. The van der Waals surface area contributed by atoms with E-state index in [4.69, 9.17) is 25.9 Å². The Bertz CT molecular complexity index is 1230. The lowest BCUT2D eigenvalue weighted by molar-refractivity contribution is -0.136. The predicted octanol–water partition coefficient (Wildman–Crippen LogP) is 1.83. The first-order chi connectivity index (χ1) is 17.7. The number of methoxy groups -OCH3 is 1. The van der Waals surface area contributed by atoms with Gasteiger partial charge in [0.05, 0.1) is 29.7 Å². The highest BCUT2D eigenvalue weighted by Crippen LogP contribution is 2.33. The average Bonchev–Trinajstić information content (AvgIpc) is 2.85. The van der Waals surface area contributed by atoms with Crippen molar-refractivity contribution in [2.24, 2.45) is 11.5 Å². The van der Waals surface area contributed by atoms with Crippen LogP contribution in [0.5, 0.6) is 11.5 Å². The SMILES string of the molecule is COc1cc(N(CCN)CCN)c2nc(COc3cc(C)ccc3N(CC(=O)O)CC(=O)O)ccc2c1. The maximum Gasteiger partial charge on any atom is 0.323 e. The van der Waals surface area contributed by atoms with E-state index in [1.807, 2.05) is 31.2 Å². The molecule has 0 unspecified atom stereocenters. The summed E-state index contributed by atoms with van der Waals surface area (Å²) in [6, 6.07) is 12.7. The van der Waals surface area contributed by atoms with Crippen LogP contribution in [0.3, 0.4) is 0 Å². The Hall–Kier alpha value is -4.09. The number of rotatable bonds is 14. The summed E-state index contributed by atoms with van der Waals surface area (Å²) in [4.78, 5) is 30.9. The lowest BCUT2D eigenvalue weighted by atomic mass is 10.1. The van der Waals surface area contributed by atoms with Gasteiger partial charge < -0.3 is 41.0 Å². The minimum absolute atomic E-state index is 0.0830. The molecule has 0 spiro atoms.